The van der Waals surface area contributed by atoms with Gasteiger partial charge in [0.1, 0.15) is 0 Å². The molecule has 5 aromatic carbocycles. The van der Waals surface area contributed by atoms with Crippen LogP contribution in [0.25, 0.3) is 66.6 Å². The van der Waals surface area contributed by atoms with Gasteiger partial charge >= 0.3 is 0 Å². The highest BCUT2D eigenvalue weighted by molar-refractivity contribution is 6.06. The van der Waals surface area contributed by atoms with Crippen LogP contribution in [-0.4, -0.2) is 15.0 Å². The first kappa shape index (κ1) is 22.1. The van der Waals surface area contributed by atoms with Crippen LogP contribution in [0.3, 0.4) is 0 Å². The molecule has 0 amide bonds. The molecule has 0 aliphatic rings. The predicted molar refractivity (Wildman–Crippen MR) is 157 cm³/mol. The predicted octanol–water partition coefficient (Wildman–Crippen LogP) is 8.85. The molecule has 2 heterocycles. The Labute approximate surface area is 221 Å². The molecule has 3 nitrogen and oxygen atoms in total. The molecule has 0 radical (unpaired) electrons. The van der Waals surface area contributed by atoms with Crippen molar-refractivity contribution in [1.29, 1.82) is 0 Å². The maximum Gasteiger partial charge on any atom is 0.0979 e. The van der Waals surface area contributed by atoms with E-state index in [0.29, 0.717) is 0 Å². The molecule has 0 atom stereocenters. The second kappa shape index (κ2) is 9.38. The number of hydrogen-bond donors (Lipinski definition) is 0. The number of nitrogens with zero attached hydrogens (tertiary/aromatic N) is 3. The summed E-state index contributed by atoms with van der Waals surface area (Å²) in [5, 5.41) is 2.35. The minimum absolute atomic E-state index is 0.891. The Morgan fingerprint density at radius 1 is 0.342 bits per heavy atom. The lowest BCUT2D eigenvalue weighted by Gasteiger charge is -2.14. The lowest BCUT2D eigenvalue weighted by Crippen LogP contribution is -1.96. The van der Waals surface area contributed by atoms with Crippen molar-refractivity contribution >= 4 is 21.8 Å². The third kappa shape index (κ3) is 3.91. The van der Waals surface area contributed by atoms with Crippen LogP contribution in [0.4, 0.5) is 0 Å². The second-order valence-electron chi connectivity index (χ2n) is 9.30. The summed E-state index contributed by atoms with van der Waals surface area (Å²) >= 11 is 0. The SMILES string of the molecule is c1ccc(-c2nc3ccccc3nc2-c2cccc3c(-c4ccc(-c5ccncc5)cc4)cccc23)cc1. The number of rotatable bonds is 4. The summed E-state index contributed by atoms with van der Waals surface area (Å²) in [7, 11) is 0. The average Bonchev–Trinajstić information content (AvgIpc) is 3.01. The Balaban J connectivity index is 1.41. The summed E-state index contributed by atoms with van der Waals surface area (Å²) in [5.74, 6) is 0. The Bertz CT molecular complexity index is 1890. The minimum Gasteiger partial charge on any atom is -0.265 e. The maximum absolute atomic E-state index is 5.15. The number of benzene rings is 5. The number of fused-ring (bicyclic) bond motifs is 2. The van der Waals surface area contributed by atoms with Gasteiger partial charge in [-0.1, -0.05) is 103 Å². The summed E-state index contributed by atoms with van der Waals surface area (Å²) in [6.45, 7) is 0. The zero-order valence-electron chi connectivity index (χ0n) is 20.6. The Morgan fingerprint density at radius 3 is 1.61 bits per heavy atom. The molecule has 0 unspecified atom stereocenters. The van der Waals surface area contributed by atoms with Crippen molar-refractivity contribution in [2.45, 2.75) is 0 Å². The van der Waals surface area contributed by atoms with E-state index in [-0.39, 0.29) is 0 Å². The molecule has 2 aromatic heterocycles. The molecule has 0 spiro atoms. The summed E-state index contributed by atoms with van der Waals surface area (Å²) in [6.07, 6.45) is 3.66. The van der Waals surface area contributed by atoms with E-state index < -0.39 is 0 Å². The summed E-state index contributed by atoms with van der Waals surface area (Å²) < 4.78 is 0. The van der Waals surface area contributed by atoms with Crippen molar-refractivity contribution in [3.05, 3.63) is 140 Å². The van der Waals surface area contributed by atoms with Crippen LogP contribution in [0, 0.1) is 0 Å². The lowest BCUT2D eigenvalue weighted by molar-refractivity contribution is 1.30. The Hall–Kier alpha value is -5.15. The van der Waals surface area contributed by atoms with Crippen LogP contribution in [-0.2, 0) is 0 Å². The van der Waals surface area contributed by atoms with Crippen LogP contribution in [0.5, 0.6) is 0 Å². The molecule has 38 heavy (non-hydrogen) atoms. The number of pyridine rings is 1. The topological polar surface area (TPSA) is 38.7 Å². The molecule has 0 bridgehead atoms. The van der Waals surface area contributed by atoms with Gasteiger partial charge in [0.25, 0.3) is 0 Å². The molecule has 3 heteroatoms. The molecular formula is C35H23N3. The normalized spacial score (nSPS) is 11.2. The van der Waals surface area contributed by atoms with Crippen molar-refractivity contribution in [3.8, 4) is 44.8 Å². The first-order chi connectivity index (χ1) is 18.8. The number of hydrogen-bond acceptors (Lipinski definition) is 3. The number of aromatic nitrogens is 3. The fourth-order valence-electron chi connectivity index (χ4n) is 5.14. The molecule has 0 aliphatic carbocycles. The molecule has 7 rings (SSSR count). The van der Waals surface area contributed by atoms with Gasteiger partial charge in [-0.25, -0.2) is 9.97 Å². The van der Waals surface area contributed by atoms with Crippen molar-refractivity contribution < 1.29 is 0 Å². The van der Waals surface area contributed by atoms with Gasteiger partial charge in [0.05, 0.1) is 22.4 Å². The smallest absolute Gasteiger partial charge is 0.0979 e. The molecule has 7 aromatic rings. The molecular weight excluding hydrogens is 462 g/mol. The van der Waals surface area contributed by atoms with Crippen LogP contribution < -0.4 is 0 Å². The number of para-hydroxylation sites is 2. The van der Waals surface area contributed by atoms with Crippen molar-refractivity contribution in [1.82, 2.24) is 15.0 Å². The van der Waals surface area contributed by atoms with Gasteiger partial charge in [0, 0.05) is 23.5 Å². The van der Waals surface area contributed by atoms with Gasteiger partial charge in [-0.3, -0.25) is 4.98 Å². The van der Waals surface area contributed by atoms with Gasteiger partial charge in [0.2, 0.25) is 0 Å². The zero-order chi connectivity index (χ0) is 25.3. The van der Waals surface area contributed by atoms with E-state index in [1.807, 2.05) is 67.0 Å². The van der Waals surface area contributed by atoms with Gasteiger partial charge < -0.3 is 0 Å². The molecule has 0 saturated heterocycles. The van der Waals surface area contributed by atoms with Gasteiger partial charge in [0.15, 0.2) is 0 Å². The highest BCUT2D eigenvalue weighted by atomic mass is 14.8. The van der Waals surface area contributed by atoms with E-state index in [2.05, 4.69) is 77.8 Å². The monoisotopic (exact) mass is 485 g/mol. The lowest BCUT2D eigenvalue weighted by atomic mass is 9.92. The van der Waals surface area contributed by atoms with Crippen molar-refractivity contribution in [2.24, 2.45) is 0 Å². The maximum atomic E-state index is 5.15. The Morgan fingerprint density at radius 2 is 0.895 bits per heavy atom. The van der Waals surface area contributed by atoms with Crippen molar-refractivity contribution in [3.63, 3.8) is 0 Å². The second-order valence-corrected chi connectivity index (χ2v) is 9.30. The van der Waals surface area contributed by atoms with E-state index in [1.165, 1.54) is 22.1 Å². The van der Waals surface area contributed by atoms with E-state index in [4.69, 9.17) is 9.97 Å². The summed E-state index contributed by atoms with van der Waals surface area (Å²) in [6, 6.07) is 44.2. The first-order valence-corrected chi connectivity index (χ1v) is 12.7. The zero-order valence-corrected chi connectivity index (χ0v) is 20.6. The molecule has 0 fully saturated rings. The molecule has 0 aliphatic heterocycles. The minimum atomic E-state index is 0.891. The van der Waals surface area contributed by atoms with Crippen LogP contribution in [0.1, 0.15) is 0 Å². The van der Waals surface area contributed by atoms with Gasteiger partial charge in [-0.15, -0.1) is 0 Å². The third-order valence-corrected chi connectivity index (χ3v) is 7.00. The largest absolute Gasteiger partial charge is 0.265 e. The summed E-state index contributed by atoms with van der Waals surface area (Å²) in [4.78, 5) is 14.4. The van der Waals surface area contributed by atoms with E-state index in [9.17, 15) is 0 Å². The van der Waals surface area contributed by atoms with E-state index in [1.54, 1.807) is 0 Å². The van der Waals surface area contributed by atoms with Crippen LogP contribution in [0.2, 0.25) is 0 Å². The van der Waals surface area contributed by atoms with Crippen LogP contribution in [0.15, 0.2) is 140 Å². The molecule has 178 valence electrons. The summed E-state index contributed by atoms with van der Waals surface area (Å²) in [5.41, 5.74) is 10.4. The third-order valence-electron chi connectivity index (χ3n) is 7.00. The fourth-order valence-corrected chi connectivity index (χ4v) is 5.14. The van der Waals surface area contributed by atoms with Crippen molar-refractivity contribution in [2.75, 3.05) is 0 Å². The van der Waals surface area contributed by atoms with E-state index >= 15 is 0 Å². The average molecular weight is 486 g/mol. The van der Waals surface area contributed by atoms with E-state index in [0.717, 1.165) is 44.5 Å². The highest BCUT2D eigenvalue weighted by Gasteiger charge is 2.16. The van der Waals surface area contributed by atoms with Gasteiger partial charge in [-0.2, -0.15) is 0 Å². The highest BCUT2D eigenvalue weighted by Crippen LogP contribution is 2.38. The first-order valence-electron chi connectivity index (χ1n) is 12.7. The quantitative estimate of drug-likeness (QED) is 0.250. The van der Waals surface area contributed by atoms with Crippen LogP contribution >= 0.6 is 0 Å². The Kier molecular flexibility index (Phi) is 5.45. The fraction of sp³-hybridized carbons (Fsp3) is 0. The molecule has 0 saturated carbocycles. The van der Waals surface area contributed by atoms with Gasteiger partial charge in [-0.05, 0) is 57.3 Å². The standard InChI is InChI=1S/C35H23N3/c1-2-8-27(9-3-1)34-35(38-33-15-5-4-14-32(33)37-34)31-13-7-11-29-28(10-6-12-30(29)31)26-18-16-24(17-19-26)25-20-22-36-23-21-25/h1-23H. The molecule has 0 N–H and O–H groups in total.